The maximum absolute atomic E-state index is 11.9. The van der Waals surface area contributed by atoms with E-state index in [-0.39, 0.29) is 12.1 Å². The van der Waals surface area contributed by atoms with E-state index in [0.717, 1.165) is 42.5 Å². The van der Waals surface area contributed by atoms with Gasteiger partial charge in [-0.3, -0.25) is 0 Å². The lowest BCUT2D eigenvalue weighted by Crippen LogP contribution is -2.43. The lowest BCUT2D eigenvalue weighted by atomic mass is 9.90. The molecule has 134 valence electrons. The maximum Gasteiger partial charge on any atom is 0.407 e. The van der Waals surface area contributed by atoms with Crippen LogP contribution in [-0.2, 0) is 4.74 Å². The van der Waals surface area contributed by atoms with Crippen molar-refractivity contribution in [2.24, 2.45) is 0 Å². The predicted molar refractivity (Wildman–Crippen MR) is 96.6 cm³/mol. The topological polar surface area (TPSA) is 70.6 Å². The first kappa shape index (κ1) is 18.4. The summed E-state index contributed by atoms with van der Waals surface area (Å²) >= 11 is 0. The molecule has 5 nitrogen and oxygen atoms in total. The van der Waals surface area contributed by atoms with Crippen LogP contribution in [0, 0.1) is 13.8 Å². The zero-order valence-electron chi connectivity index (χ0n) is 15.4. The summed E-state index contributed by atoms with van der Waals surface area (Å²) in [5.41, 5.74) is 2.47. The third kappa shape index (κ3) is 5.32. The standard InChI is InChI=1S/C19H30N2O3/c1-12-10-17(22)13(2)9-16(12)20-14-7-6-8-15(11-14)21-18(23)24-19(3,4)5/h9-10,14-15,20,22H,6-8,11H2,1-5H3,(H,21,23). The fourth-order valence-electron chi connectivity index (χ4n) is 3.10. The van der Waals surface area contributed by atoms with E-state index in [1.54, 1.807) is 6.07 Å². The van der Waals surface area contributed by atoms with E-state index in [9.17, 15) is 9.90 Å². The van der Waals surface area contributed by atoms with Gasteiger partial charge in [0.1, 0.15) is 11.4 Å². The zero-order valence-corrected chi connectivity index (χ0v) is 15.4. The number of ether oxygens (including phenoxy) is 1. The maximum atomic E-state index is 11.9. The van der Waals surface area contributed by atoms with Crippen LogP contribution in [0.1, 0.15) is 57.6 Å². The molecule has 1 aromatic rings. The number of anilines is 1. The molecule has 0 aliphatic heterocycles. The van der Waals surface area contributed by atoms with Gasteiger partial charge in [0, 0.05) is 17.8 Å². The van der Waals surface area contributed by atoms with Gasteiger partial charge >= 0.3 is 6.09 Å². The van der Waals surface area contributed by atoms with Crippen molar-refractivity contribution in [3.63, 3.8) is 0 Å². The molecule has 1 fully saturated rings. The van der Waals surface area contributed by atoms with Gasteiger partial charge in [0.05, 0.1) is 0 Å². The first-order chi connectivity index (χ1) is 11.1. The van der Waals surface area contributed by atoms with E-state index in [4.69, 9.17) is 4.74 Å². The van der Waals surface area contributed by atoms with Crippen molar-refractivity contribution in [2.75, 3.05) is 5.32 Å². The van der Waals surface area contributed by atoms with Gasteiger partial charge in [-0.05, 0) is 83.6 Å². The smallest absolute Gasteiger partial charge is 0.407 e. The van der Waals surface area contributed by atoms with Crippen LogP contribution in [0.2, 0.25) is 0 Å². The number of phenols is 1. The second-order valence-corrected chi connectivity index (χ2v) is 7.80. The van der Waals surface area contributed by atoms with Gasteiger partial charge in [-0.25, -0.2) is 4.79 Å². The number of alkyl carbamates (subject to hydrolysis) is 1. The molecule has 1 aromatic carbocycles. The van der Waals surface area contributed by atoms with Crippen molar-refractivity contribution >= 4 is 11.8 Å². The normalized spacial score (nSPS) is 21.2. The zero-order chi connectivity index (χ0) is 17.9. The highest BCUT2D eigenvalue weighted by atomic mass is 16.6. The summed E-state index contributed by atoms with van der Waals surface area (Å²) in [6.07, 6.45) is 3.65. The Hall–Kier alpha value is -1.91. The molecule has 0 saturated heterocycles. The number of aryl methyl sites for hydroxylation is 2. The first-order valence-corrected chi connectivity index (χ1v) is 8.70. The van der Waals surface area contributed by atoms with E-state index in [0.29, 0.717) is 11.8 Å². The molecule has 2 atom stereocenters. The van der Waals surface area contributed by atoms with Crippen molar-refractivity contribution < 1.29 is 14.6 Å². The summed E-state index contributed by atoms with van der Waals surface area (Å²) in [7, 11) is 0. The van der Waals surface area contributed by atoms with E-state index < -0.39 is 5.60 Å². The Kier molecular flexibility index (Phi) is 5.62. The minimum atomic E-state index is -0.475. The van der Waals surface area contributed by atoms with Crippen LogP contribution in [0.3, 0.4) is 0 Å². The molecule has 0 heterocycles. The van der Waals surface area contributed by atoms with E-state index >= 15 is 0 Å². The van der Waals surface area contributed by atoms with Crippen LogP contribution >= 0.6 is 0 Å². The lowest BCUT2D eigenvalue weighted by Gasteiger charge is -2.32. The molecule has 1 aliphatic carbocycles. The summed E-state index contributed by atoms with van der Waals surface area (Å²) in [5, 5.41) is 16.3. The summed E-state index contributed by atoms with van der Waals surface area (Å²) < 4.78 is 5.34. The van der Waals surface area contributed by atoms with Crippen LogP contribution in [-0.4, -0.2) is 28.9 Å². The largest absolute Gasteiger partial charge is 0.508 e. The molecule has 2 unspecified atom stereocenters. The SMILES string of the molecule is Cc1cc(NC2CCCC(NC(=O)OC(C)(C)C)C2)c(C)cc1O. The Morgan fingerprint density at radius 2 is 1.83 bits per heavy atom. The minimum absolute atomic E-state index is 0.129. The van der Waals surface area contributed by atoms with Crippen molar-refractivity contribution in [1.29, 1.82) is 0 Å². The van der Waals surface area contributed by atoms with Gasteiger partial charge < -0.3 is 20.5 Å². The molecule has 3 N–H and O–H groups in total. The Bertz CT molecular complexity index is 593. The number of amides is 1. The Balaban J connectivity index is 1.94. The molecule has 5 heteroatoms. The second kappa shape index (κ2) is 7.32. The molecule has 1 saturated carbocycles. The van der Waals surface area contributed by atoms with Gasteiger partial charge in [-0.15, -0.1) is 0 Å². The average Bonchev–Trinajstić information content (AvgIpc) is 2.43. The number of aromatic hydroxyl groups is 1. The number of nitrogens with one attached hydrogen (secondary N) is 2. The van der Waals surface area contributed by atoms with Crippen molar-refractivity contribution in [3.05, 3.63) is 23.3 Å². The van der Waals surface area contributed by atoms with Gasteiger partial charge in [-0.2, -0.15) is 0 Å². The lowest BCUT2D eigenvalue weighted by molar-refractivity contribution is 0.0492. The van der Waals surface area contributed by atoms with E-state index in [1.807, 2.05) is 40.7 Å². The van der Waals surface area contributed by atoms with Crippen molar-refractivity contribution in [2.45, 2.75) is 78.0 Å². The summed E-state index contributed by atoms with van der Waals surface area (Å²) in [6.45, 7) is 9.49. The summed E-state index contributed by atoms with van der Waals surface area (Å²) in [4.78, 5) is 11.9. The van der Waals surface area contributed by atoms with Crippen LogP contribution in [0.25, 0.3) is 0 Å². The highest BCUT2D eigenvalue weighted by molar-refractivity contribution is 5.68. The summed E-state index contributed by atoms with van der Waals surface area (Å²) in [5.74, 6) is 0.325. The number of hydrogen-bond donors (Lipinski definition) is 3. The Labute approximate surface area is 144 Å². The molecule has 2 rings (SSSR count). The molecule has 1 aliphatic rings. The predicted octanol–water partition coefficient (Wildman–Crippen LogP) is 4.26. The monoisotopic (exact) mass is 334 g/mol. The highest BCUT2D eigenvalue weighted by Crippen LogP contribution is 2.28. The number of carbonyl (C=O) groups excluding carboxylic acids is 1. The first-order valence-electron chi connectivity index (χ1n) is 8.70. The summed E-state index contributed by atoms with van der Waals surface area (Å²) in [6, 6.07) is 4.21. The Morgan fingerprint density at radius 1 is 1.17 bits per heavy atom. The van der Waals surface area contributed by atoms with E-state index in [1.165, 1.54) is 0 Å². The fraction of sp³-hybridized carbons (Fsp3) is 0.632. The molecular weight excluding hydrogens is 304 g/mol. The minimum Gasteiger partial charge on any atom is -0.508 e. The van der Waals surface area contributed by atoms with Crippen LogP contribution < -0.4 is 10.6 Å². The number of rotatable bonds is 3. The molecule has 24 heavy (non-hydrogen) atoms. The number of carbonyl (C=O) groups is 1. The van der Waals surface area contributed by atoms with Gasteiger partial charge in [0.2, 0.25) is 0 Å². The number of benzene rings is 1. The van der Waals surface area contributed by atoms with Gasteiger partial charge in [-0.1, -0.05) is 0 Å². The number of phenolic OH excluding ortho intramolecular Hbond substituents is 1. The quantitative estimate of drug-likeness (QED) is 0.723. The van der Waals surface area contributed by atoms with Crippen LogP contribution in [0.5, 0.6) is 5.75 Å². The van der Waals surface area contributed by atoms with Crippen molar-refractivity contribution in [1.82, 2.24) is 5.32 Å². The van der Waals surface area contributed by atoms with E-state index in [2.05, 4.69) is 10.6 Å². The second-order valence-electron chi connectivity index (χ2n) is 7.80. The number of hydrogen-bond acceptors (Lipinski definition) is 4. The fourth-order valence-corrected chi connectivity index (χ4v) is 3.10. The van der Waals surface area contributed by atoms with Crippen molar-refractivity contribution in [3.8, 4) is 5.75 Å². The molecule has 0 radical (unpaired) electrons. The van der Waals surface area contributed by atoms with Crippen LogP contribution in [0.15, 0.2) is 12.1 Å². The third-order valence-electron chi connectivity index (χ3n) is 4.30. The molecule has 1 amide bonds. The molecule has 0 bridgehead atoms. The molecule has 0 spiro atoms. The highest BCUT2D eigenvalue weighted by Gasteiger charge is 2.25. The van der Waals surface area contributed by atoms with Gasteiger partial charge in [0.25, 0.3) is 0 Å². The van der Waals surface area contributed by atoms with Crippen LogP contribution in [0.4, 0.5) is 10.5 Å². The van der Waals surface area contributed by atoms with Gasteiger partial charge in [0.15, 0.2) is 0 Å². The Morgan fingerprint density at radius 3 is 2.50 bits per heavy atom. The molecule has 0 aromatic heterocycles. The molecular formula is C19H30N2O3. The average molecular weight is 334 g/mol. The third-order valence-corrected chi connectivity index (χ3v) is 4.30.